The predicted molar refractivity (Wildman–Crippen MR) is 93.7 cm³/mol. The zero-order valence-corrected chi connectivity index (χ0v) is 14.5. The van der Waals surface area contributed by atoms with Crippen LogP contribution in [0.4, 0.5) is 4.79 Å². The minimum absolute atomic E-state index is 0.183. The van der Waals surface area contributed by atoms with E-state index in [-0.39, 0.29) is 18.5 Å². The molecule has 2 atom stereocenters. The number of aliphatic hydroxyl groups is 1. The van der Waals surface area contributed by atoms with Gasteiger partial charge < -0.3 is 15.7 Å². The molecular formula is C18H26N4O2. The largest absolute Gasteiger partial charge is 0.387 e. The average molecular weight is 330 g/mol. The molecule has 0 aliphatic carbocycles. The number of carbonyl (C=O) groups excluding carboxylic acids is 1. The van der Waals surface area contributed by atoms with Crippen molar-refractivity contribution >= 4 is 6.03 Å². The zero-order valence-electron chi connectivity index (χ0n) is 14.5. The Hall–Kier alpha value is -2.34. The van der Waals surface area contributed by atoms with Gasteiger partial charge in [0, 0.05) is 32.0 Å². The van der Waals surface area contributed by atoms with E-state index in [0.29, 0.717) is 6.54 Å². The van der Waals surface area contributed by atoms with Gasteiger partial charge in [0.2, 0.25) is 0 Å². The van der Waals surface area contributed by atoms with E-state index in [1.54, 1.807) is 6.20 Å². The minimum atomic E-state index is -0.712. The first kappa shape index (κ1) is 18.0. The van der Waals surface area contributed by atoms with E-state index < -0.39 is 6.10 Å². The first-order valence-corrected chi connectivity index (χ1v) is 8.19. The highest BCUT2D eigenvalue weighted by atomic mass is 16.3. The number of nitrogens with zero attached hydrogens (tertiary/aromatic N) is 2. The first-order valence-electron chi connectivity index (χ1n) is 8.19. The second-order valence-corrected chi connectivity index (χ2v) is 6.36. The van der Waals surface area contributed by atoms with Gasteiger partial charge in [0.05, 0.1) is 6.10 Å². The van der Waals surface area contributed by atoms with Crippen LogP contribution in [0.25, 0.3) is 0 Å². The maximum Gasteiger partial charge on any atom is 0.314 e. The lowest BCUT2D eigenvalue weighted by molar-refractivity contribution is 0.172. The van der Waals surface area contributed by atoms with Crippen molar-refractivity contribution in [1.29, 1.82) is 0 Å². The summed E-state index contributed by atoms with van der Waals surface area (Å²) in [6.45, 7) is 7.51. The van der Waals surface area contributed by atoms with E-state index in [1.807, 2.05) is 49.8 Å². The molecule has 1 aromatic heterocycles. The first-order chi connectivity index (χ1) is 11.4. The van der Waals surface area contributed by atoms with Crippen molar-refractivity contribution in [3.8, 4) is 0 Å². The van der Waals surface area contributed by atoms with Crippen molar-refractivity contribution < 1.29 is 9.90 Å². The van der Waals surface area contributed by atoms with Crippen LogP contribution in [0.1, 0.15) is 29.7 Å². The molecule has 0 fully saturated rings. The summed E-state index contributed by atoms with van der Waals surface area (Å²) in [4.78, 5) is 11.9. The molecule has 0 bridgehead atoms. The zero-order chi connectivity index (χ0) is 17.5. The van der Waals surface area contributed by atoms with Crippen LogP contribution in [0.2, 0.25) is 0 Å². The van der Waals surface area contributed by atoms with Gasteiger partial charge in [0.1, 0.15) is 0 Å². The number of nitrogens with one attached hydrogen (secondary N) is 2. The fourth-order valence-electron chi connectivity index (χ4n) is 2.63. The van der Waals surface area contributed by atoms with Gasteiger partial charge in [-0.05, 0) is 31.4 Å². The van der Waals surface area contributed by atoms with Crippen molar-refractivity contribution in [2.75, 3.05) is 13.1 Å². The summed E-state index contributed by atoms with van der Waals surface area (Å²) in [6.07, 6.45) is 2.92. The summed E-state index contributed by atoms with van der Waals surface area (Å²) in [6, 6.07) is 7.52. The molecular weight excluding hydrogens is 304 g/mol. The van der Waals surface area contributed by atoms with Crippen LogP contribution in [0.3, 0.4) is 0 Å². The van der Waals surface area contributed by atoms with Crippen molar-refractivity contribution in [1.82, 2.24) is 20.4 Å². The Labute approximate surface area is 142 Å². The standard InChI is InChI=1S/C18H26N4O2/c1-13-7-14(2)9-16(8-13)17(23)11-20-18(24)19-10-15(3)12-22-6-4-5-21-22/h4-9,15,17,23H,10-12H2,1-3H3,(H2,19,20,24)/t15-,17+/m1/s1. The third kappa shape index (κ3) is 5.70. The van der Waals surface area contributed by atoms with Crippen molar-refractivity contribution in [2.24, 2.45) is 5.92 Å². The number of aromatic nitrogens is 2. The molecule has 1 heterocycles. The van der Waals surface area contributed by atoms with E-state index in [1.165, 1.54) is 0 Å². The van der Waals surface area contributed by atoms with E-state index in [4.69, 9.17) is 0 Å². The van der Waals surface area contributed by atoms with Crippen molar-refractivity contribution in [2.45, 2.75) is 33.4 Å². The van der Waals surface area contributed by atoms with Gasteiger partial charge in [-0.2, -0.15) is 5.10 Å². The van der Waals surface area contributed by atoms with Gasteiger partial charge in [-0.15, -0.1) is 0 Å². The average Bonchev–Trinajstić information content (AvgIpc) is 3.02. The third-order valence-electron chi connectivity index (χ3n) is 3.75. The number of carbonyl (C=O) groups is 1. The fourth-order valence-corrected chi connectivity index (χ4v) is 2.63. The van der Waals surface area contributed by atoms with Gasteiger partial charge in [0.25, 0.3) is 0 Å². The second kappa shape index (κ2) is 8.49. The van der Waals surface area contributed by atoms with Crippen LogP contribution < -0.4 is 10.6 Å². The summed E-state index contributed by atoms with van der Waals surface area (Å²) in [5.74, 6) is 0.264. The monoisotopic (exact) mass is 330 g/mol. The number of benzene rings is 1. The number of urea groups is 1. The summed E-state index contributed by atoms with van der Waals surface area (Å²) in [5.41, 5.74) is 3.02. The number of rotatable bonds is 7. The molecule has 24 heavy (non-hydrogen) atoms. The normalized spacial score (nSPS) is 13.3. The number of amides is 2. The Morgan fingerprint density at radius 1 is 1.21 bits per heavy atom. The maximum absolute atomic E-state index is 11.9. The third-order valence-corrected chi connectivity index (χ3v) is 3.75. The molecule has 0 spiro atoms. The lowest BCUT2D eigenvalue weighted by atomic mass is 10.0. The Bertz CT molecular complexity index is 635. The van der Waals surface area contributed by atoms with Gasteiger partial charge in [0.15, 0.2) is 0 Å². The summed E-state index contributed by atoms with van der Waals surface area (Å²) >= 11 is 0. The molecule has 0 saturated heterocycles. The number of hydrogen-bond acceptors (Lipinski definition) is 3. The smallest absolute Gasteiger partial charge is 0.314 e. The van der Waals surface area contributed by atoms with Gasteiger partial charge in [-0.25, -0.2) is 4.79 Å². The second-order valence-electron chi connectivity index (χ2n) is 6.36. The van der Waals surface area contributed by atoms with E-state index in [0.717, 1.165) is 23.2 Å². The van der Waals surface area contributed by atoms with Crippen LogP contribution in [0, 0.1) is 19.8 Å². The number of hydrogen-bond donors (Lipinski definition) is 3. The molecule has 0 aliphatic heterocycles. The van der Waals surface area contributed by atoms with Crippen LogP contribution in [0.5, 0.6) is 0 Å². The molecule has 6 nitrogen and oxygen atoms in total. The molecule has 1 aromatic carbocycles. The molecule has 2 amide bonds. The quantitative estimate of drug-likeness (QED) is 0.728. The van der Waals surface area contributed by atoms with Crippen LogP contribution in [0.15, 0.2) is 36.7 Å². The Kier molecular flexibility index (Phi) is 6.37. The molecule has 0 aliphatic rings. The maximum atomic E-state index is 11.9. The highest BCUT2D eigenvalue weighted by Crippen LogP contribution is 2.16. The van der Waals surface area contributed by atoms with Gasteiger partial charge in [-0.1, -0.05) is 36.2 Å². The molecule has 0 radical (unpaired) electrons. The molecule has 6 heteroatoms. The molecule has 130 valence electrons. The minimum Gasteiger partial charge on any atom is -0.387 e. The highest BCUT2D eigenvalue weighted by Gasteiger charge is 2.11. The van der Waals surface area contributed by atoms with Crippen LogP contribution in [-0.4, -0.2) is 34.0 Å². The van der Waals surface area contributed by atoms with Gasteiger partial charge >= 0.3 is 6.03 Å². The van der Waals surface area contributed by atoms with Gasteiger partial charge in [-0.3, -0.25) is 4.68 Å². The van der Waals surface area contributed by atoms with E-state index >= 15 is 0 Å². The fraction of sp³-hybridized carbons (Fsp3) is 0.444. The topological polar surface area (TPSA) is 79.2 Å². The highest BCUT2D eigenvalue weighted by molar-refractivity contribution is 5.73. The lowest BCUT2D eigenvalue weighted by Gasteiger charge is -2.16. The van der Waals surface area contributed by atoms with E-state index in [2.05, 4.69) is 21.8 Å². The van der Waals surface area contributed by atoms with Crippen LogP contribution in [-0.2, 0) is 6.54 Å². The van der Waals surface area contributed by atoms with Crippen molar-refractivity contribution in [3.63, 3.8) is 0 Å². The lowest BCUT2D eigenvalue weighted by Crippen LogP contribution is -2.40. The van der Waals surface area contributed by atoms with Crippen LogP contribution >= 0.6 is 0 Å². The number of aryl methyl sites for hydroxylation is 2. The molecule has 3 N–H and O–H groups in total. The Morgan fingerprint density at radius 2 is 1.88 bits per heavy atom. The van der Waals surface area contributed by atoms with Crippen molar-refractivity contribution in [3.05, 3.63) is 53.3 Å². The summed E-state index contributed by atoms with van der Waals surface area (Å²) < 4.78 is 1.84. The Balaban J connectivity index is 1.72. The Morgan fingerprint density at radius 3 is 2.50 bits per heavy atom. The molecule has 0 unspecified atom stereocenters. The summed E-state index contributed by atoms with van der Waals surface area (Å²) in [5, 5.41) is 19.9. The number of aliphatic hydroxyl groups excluding tert-OH is 1. The summed E-state index contributed by atoms with van der Waals surface area (Å²) in [7, 11) is 0. The molecule has 0 saturated carbocycles. The van der Waals surface area contributed by atoms with E-state index in [9.17, 15) is 9.90 Å². The molecule has 2 rings (SSSR count). The predicted octanol–water partition coefficient (Wildman–Crippen LogP) is 2.17. The SMILES string of the molecule is Cc1cc(C)cc([C@@H](O)CNC(=O)NC[C@@H](C)Cn2cccn2)c1. The molecule has 2 aromatic rings.